The highest BCUT2D eigenvalue weighted by Crippen LogP contribution is 2.32. The van der Waals surface area contributed by atoms with Crippen molar-refractivity contribution < 1.29 is 0 Å². The molecular formula is C41H30N2Si. The van der Waals surface area contributed by atoms with Crippen molar-refractivity contribution in [2.24, 2.45) is 0 Å². The third-order valence-corrected chi connectivity index (χ3v) is 13.6. The molecule has 2 aromatic heterocycles. The quantitative estimate of drug-likeness (QED) is 0.150. The summed E-state index contributed by atoms with van der Waals surface area (Å²) in [6.45, 7) is 0. The Bertz CT molecular complexity index is 2150. The van der Waals surface area contributed by atoms with Crippen LogP contribution in [0, 0.1) is 0 Å². The number of nitrogens with zero attached hydrogens (tertiary/aromatic N) is 2. The Morgan fingerprint density at radius 2 is 1.00 bits per heavy atom. The SMILES string of the molecule is c1ccc(-c2ccc([Si](c3ccccc3)(c3ccccc3)c3cccc4c3c3ccccc3n4-c3ccccc3)cn2)cc1. The average Bonchev–Trinajstić information content (AvgIpc) is 3.46. The third kappa shape index (κ3) is 4.13. The van der Waals surface area contributed by atoms with E-state index in [0.29, 0.717) is 0 Å². The lowest BCUT2D eigenvalue weighted by Crippen LogP contribution is -2.75. The van der Waals surface area contributed by atoms with Crippen LogP contribution in [-0.4, -0.2) is 17.6 Å². The zero-order chi connectivity index (χ0) is 29.3. The molecule has 0 amide bonds. The molecule has 0 N–H and O–H groups in total. The highest BCUT2D eigenvalue weighted by Gasteiger charge is 2.43. The number of para-hydroxylation sites is 2. The van der Waals surface area contributed by atoms with Crippen LogP contribution < -0.4 is 20.7 Å². The predicted octanol–water partition coefficient (Wildman–Crippen LogP) is 7.22. The molecule has 0 spiro atoms. The maximum atomic E-state index is 5.12. The van der Waals surface area contributed by atoms with E-state index in [1.807, 2.05) is 6.07 Å². The first kappa shape index (κ1) is 26.1. The van der Waals surface area contributed by atoms with Gasteiger partial charge in [0.05, 0.1) is 16.7 Å². The highest BCUT2D eigenvalue weighted by atomic mass is 28.3. The first-order chi connectivity index (χ1) is 21.9. The van der Waals surface area contributed by atoms with Gasteiger partial charge in [-0.2, -0.15) is 0 Å². The second kappa shape index (κ2) is 11.0. The minimum absolute atomic E-state index is 0.984. The van der Waals surface area contributed by atoms with Crippen LogP contribution in [0.15, 0.2) is 182 Å². The molecule has 8 rings (SSSR count). The fraction of sp³-hybridized carbons (Fsp3) is 0. The molecule has 0 bridgehead atoms. The summed E-state index contributed by atoms with van der Waals surface area (Å²) in [7, 11) is -2.87. The largest absolute Gasteiger partial charge is 0.309 e. The zero-order valence-corrected chi connectivity index (χ0v) is 25.2. The topological polar surface area (TPSA) is 17.8 Å². The molecule has 8 aromatic rings. The van der Waals surface area contributed by atoms with Crippen LogP contribution >= 0.6 is 0 Å². The summed E-state index contributed by atoms with van der Waals surface area (Å²) in [5.74, 6) is 0. The second-order valence-electron chi connectivity index (χ2n) is 11.2. The third-order valence-electron chi connectivity index (χ3n) is 8.80. The van der Waals surface area contributed by atoms with E-state index in [9.17, 15) is 0 Å². The molecule has 2 nitrogen and oxygen atoms in total. The summed E-state index contributed by atoms with van der Waals surface area (Å²) in [5, 5.41) is 7.87. The van der Waals surface area contributed by atoms with E-state index in [4.69, 9.17) is 4.98 Å². The maximum Gasteiger partial charge on any atom is 0.181 e. The molecule has 0 radical (unpaired) electrons. The number of benzene rings is 6. The Balaban J connectivity index is 1.51. The maximum absolute atomic E-state index is 5.12. The van der Waals surface area contributed by atoms with Gasteiger partial charge >= 0.3 is 0 Å². The molecule has 0 saturated heterocycles. The molecule has 208 valence electrons. The minimum Gasteiger partial charge on any atom is -0.309 e. The van der Waals surface area contributed by atoms with Gasteiger partial charge in [0, 0.05) is 28.2 Å². The van der Waals surface area contributed by atoms with E-state index in [-0.39, 0.29) is 0 Å². The Kier molecular flexibility index (Phi) is 6.51. The van der Waals surface area contributed by atoms with Gasteiger partial charge in [-0.25, -0.2) is 0 Å². The van der Waals surface area contributed by atoms with E-state index < -0.39 is 8.07 Å². The van der Waals surface area contributed by atoms with Crippen LogP contribution in [0.25, 0.3) is 38.8 Å². The van der Waals surface area contributed by atoms with E-state index in [1.165, 1.54) is 42.6 Å². The Morgan fingerprint density at radius 1 is 0.432 bits per heavy atom. The lowest BCUT2D eigenvalue weighted by molar-refractivity contribution is 1.18. The van der Waals surface area contributed by atoms with Crippen LogP contribution in [0.2, 0.25) is 0 Å². The molecule has 0 aliphatic carbocycles. The second-order valence-corrected chi connectivity index (χ2v) is 14.9. The normalized spacial score (nSPS) is 11.6. The van der Waals surface area contributed by atoms with Crippen molar-refractivity contribution >= 4 is 50.6 Å². The first-order valence-electron chi connectivity index (χ1n) is 15.1. The van der Waals surface area contributed by atoms with Crippen LogP contribution in [-0.2, 0) is 0 Å². The van der Waals surface area contributed by atoms with Gasteiger partial charge in [0.15, 0.2) is 8.07 Å². The number of hydrogen-bond acceptors (Lipinski definition) is 1. The van der Waals surface area contributed by atoms with Crippen molar-refractivity contribution in [1.29, 1.82) is 0 Å². The number of fused-ring (bicyclic) bond motifs is 3. The summed E-state index contributed by atoms with van der Waals surface area (Å²) in [6.07, 6.45) is 2.14. The summed E-state index contributed by atoms with van der Waals surface area (Å²) in [5.41, 5.74) is 5.70. The monoisotopic (exact) mass is 578 g/mol. The number of pyridine rings is 1. The van der Waals surface area contributed by atoms with Crippen LogP contribution in [0.3, 0.4) is 0 Å². The molecule has 0 saturated carbocycles. The molecule has 0 unspecified atom stereocenters. The van der Waals surface area contributed by atoms with Gasteiger partial charge in [0.1, 0.15) is 0 Å². The predicted molar refractivity (Wildman–Crippen MR) is 188 cm³/mol. The van der Waals surface area contributed by atoms with Crippen molar-refractivity contribution in [3.05, 3.63) is 182 Å². The van der Waals surface area contributed by atoms with Gasteiger partial charge < -0.3 is 4.57 Å². The molecule has 0 aliphatic heterocycles. The molecule has 0 fully saturated rings. The number of rotatable bonds is 6. The molecule has 0 atom stereocenters. The summed E-state index contributed by atoms with van der Waals surface area (Å²) in [6, 6.07) is 63.7. The summed E-state index contributed by atoms with van der Waals surface area (Å²) in [4.78, 5) is 5.12. The summed E-state index contributed by atoms with van der Waals surface area (Å²) >= 11 is 0. The lowest BCUT2D eigenvalue weighted by Gasteiger charge is -2.35. The van der Waals surface area contributed by atoms with Crippen LogP contribution in [0.4, 0.5) is 0 Å². The zero-order valence-electron chi connectivity index (χ0n) is 24.2. The number of aromatic nitrogens is 2. The van der Waals surface area contributed by atoms with Crippen LogP contribution in [0.1, 0.15) is 0 Å². The van der Waals surface area contributed by atoms with Gasteiger partial charge in [-0.15, -0.1) is 0 Å². The van der Waals surface area contributed by atoms with Crippen molar-refractivity contribution in [2.45, 2.75) is 0 Å². The van der Waals surface area contributed by atoms with Crippen molar-refractivity contribution in [3.63, 3.8) is 0 Å². The Labute approximate surface area is 258 Å². The van der Waals surface area contributed by atoms with Crippen LogP contribution in [0.5, 0.6) is 0 Å². The molecule has 2 heterocycles. The lowest BCUT2D eigenvalue weighted by atomic mass is 10.1. The highest BCUT2D eigenvalue weighted by molar-refractivity contribution is 7.20. The van der Waals surface area contributed by atoms with E-state index in [0.717, 1.165) is 16.9 Å². The number of hydrogen-bond donors (Lipinski definition) is 0. The van der Waals surface area contributed by atoms with E-state index >= 15 is 0 Å². The van der Waals surface area contributed by atoms with Crippen molar-refractivity contribution in [2.75, 3.05) is 0 Å². The summed E-state index contributed by atoms with van der Waals surface area (Å²) < 4.78 is 2.42. The first-order valence-corrected chi connectivity index (χ1v) is 17.1. The van der Waals surface area contributed by atoms with Crippen molar-refractivity contribution in [3.8, 4) is 16.9 Å². The van der Waals surface area contributed by atoms with Gasteiger partial charge in [-0.1, -0.05) is 146 Å². The fourth-order valence-corrected chi connectivity index (χ4v) is 11.8. The Hall–Kier alpha value is -5.51. The molecular weight excluding hydrogens is 549 g/mol. The van der Waals surface area contributed by atoms with E-state index in [1.54, 1.807) is 0 Å². The molecule has 6 aromatic carbocycles. The standard InChI is InChI=1S/C41H30N2Si/c1-5-16-31(17-6-1)37-29-28-35(30-42-37)44(33-20-9-3-10-21-33,34-22-11-4-12-23-34)40-27-15-26-39-41(40)36-24-13-14-25-38(36)43(39)32-18-7-2-8-19-32/h1-30H. The molecule has 44 heavy (non-hydrogen) atoms. The molecule has 3 heteroatoms. The smallest absolute Gasteiger partial charge is 0.181 e. The average molecular weight is 579 g/mol. The fourth-order valence-electron chi connectivity index (χ4n) is 6.93. The van der Waals surface area contributed by atoms with Crippen molar-refractivity contribution in [1.82, 2.24) is 9.55 Å². The van der Waals surface area contributed by atoms with Gasteiger partial charge in [0.2, 0.25) is 0 Å². The van der Waals surface area contributed by atoms with Gasteiger partial charge in [0.25, 0.3) is 0 Å². The minimum atomic E-state index is -2.87. The Morgan fingerprint density at radius 3 is 1.64 bits per heavy atom. The van der Waals surface area contributed by atoms with E-state index in [2.05, 4.69) is 181 Å². The van der Waals surface area contributed by atoms with Gasteiger partial charge in [-0.3, -0.25) is 4.98 Å². The molecule has 0 aliphatic rings. The van der Waals surface area contributed by atoms with Gasteiger partial charge in [-0.05, 0) is 51.1 Å².